The van der Waals surface area contributed by atoms with Gasteiger partial charge in [0, 0.05) is 38.4 Å². The normalized spacial score (nSPS) is 26.6. The number of benzene rings is 1. The number of piperidine rings is 1. The largest absolute Gasteiger partial charge is 0.394 e. The zero-order valence-electron chi connectivity index (χ0n) is 24.3. The van der Waals surface area contributed by atoms with Crippen molar-refractivity contribution in [3.8, 4) is 11.3 Å². The number of ether oxygens (including phenoxy) is 2. The summed E-state index contributed by atoms with van der Waals surface area (Å²) < 4.78 is 70.4. The van der Waals surface area contributed by atoms with Gasteiger partial charge in [-0.15, -0.1) is 10.2 Å². The van der Waals surface area contributed by atoms with Gasteiger partial charge in [-0.1, -0.05) is 10.4 Å². The summed E-state index contributed by atoms with van der Waals surface area (Å²) in [7, 11) is 0.357. The maximum Gasteiger partial charge on any atom is 0.194 e. The van der Waals surface area contributed by atoms with Crippen LogP contribution in [0.2, 0.25) is 0 Å². The molecule has 2 aromatic heterocycles. The Morgan fingerprint density at radius 3 is 2.30 bits per heavy atom. The van der Waals surface area contributed by atoms with Crippen molar-refractivity contribution in [1.82, 2.24) is 34.3 Å². The summed E-state index contributed by atoms with van der Waals surface area (Å²) in [5, 5.41) is 37.7. The number of methoxy groups -OCH3 is 1. The van der Waals surface area contributed by atoms with Crippen LogP contribution in [-0.4, -0.2) is 105 Å². The van der Waals surface area contributed by atoms with Crippen molar-refractivity contribution in [1.29, 1.82) is 0 Å². The Kier molecular flexibility index (Phi) is 9.34. The Balaban J connectivity index is 1.32. The molecule has 2 aliphatic heterocycles. The average molecular weight is 628 g/mol. The highest BCUT2D eigenvalue weighted by molar-refractivity contribution is 7.84. The van der Waals surface area contributed by atoms with Gasteiger partial charge in [0.15, 0.2) is 17.5 Å². The quantitative estimate of drug-likeness (QED) is 0.359. The Morgan fingerprint density at radius 1 is 1.05 bits per heavy atom. The van der Waals surface area contributed by atoms with E-state index in [-0.39, 0.29) is 28.5 Å². The number of hydrogen-bond donors (Lipinski definition) is 2. The van der Waals surface area contributed by atoms with E-state index in [9.17, 15) is 27.6 Å². The Labute approximate surface area is 249 Å². The molecule has 0 saturated carbocycles. The first-order chi connectivity index (χ1) is 20.4. The lowest BCUT2D eigenvalue weighted by Crippen LogP contribution is -2.57. The van der Waals surface area contributed by atoms with Crippen LogP contribution >= 0.6 is 0 Å². The molecule has 0 spiro atoms. The summed E-state index contributed by atoms with van der Waals surface area (Å²) in [5.74, 6) is -4.34. The zero-order chi connectivity index (χ0) is 31.1. The Morgan fingerprint density at radius 2 is 1.70 bits per heavy atom. The van der Waals surface area contributed by atoms with Crippen molar-refractivity contribution in [2.45, 2.75) is 81.3 Å². The number of aliphatic hydroxyl groups is 2. The van der Waals surface area contributed by atoms with Crippen LogP contribution < -0.4 is 0 Å². The molecule has 16 heteroatoms. The lowest BCUT2D eigenvalue weighted by molar-refractivity contribution is -0.212. The molecule has 3 aromatic rings. The molecule has 0 aliphatic carbocycles. The van der Waals surface area contributed by atoms with Gasteiger partial charge >= 0.3 is 0 Å². The van der Waals surface area contributed by atoms with E-state index in [0.717, 1.165) is 25.0 Å². The van der Waals surface area contributed by atoms with Crippen molar-refractivity contribution in [2.75, 3.05) is 26.8 Å². The molecule has 0 unspecified atom stereocenters. The molecule has 2 fully saturated rings. The molecule has 2 N–H and O–H groups in total. The molecule has 43 heavy (non-hydrogen) atoms. The minimum absolute atomic E-state index is 0.0412. The first kappa shape index (κ1) is 31.7. The van der Waals surface area contributed by atoms with E-state index in [1.54, 1.807) is 4.68 Å². The molecule has 0 bridgehead atoms. The predicted molar refractivity (Wildman–Crippen MR) is 148 cm³/mol. The van der Waals surface area contributed by atoms with E-state index in [2.05, 4.69) is 20.6 Å². The van der Waals surface area contributed by atoms with Gasteiger partial charge in [0.1, 0.15) is 30.0 Å². The van der Waals surface area contributed by atoms with Gasteiger partial charge < -0.3 is 19.7 Å². The summed E-state index contributed by atoms with van der Waals surface area (Å²) in [5.41, 5.74) is 0.611. The third-order valence-electron chi connectivity index (χ3n) is 7.85. The third kappa shape index (κ3) is 6.54. The minimum atomic E-state index is -1.59. The second-order valence-corrected chi connectivity index (χ2v) is 14.1. The lowest BCUT2D eigenvalue weighted by Gasteiger charge is -2.43. The molecule has 236 valence electrons. The van der Waals surface area contributed by atoms with Gasteiger partial charge in [-0.3, -0.25) is 0 Å². The molecular weight excluding hydrogens is 591 g/mol. The second kappa shape index (κ2) is 12.7. The topological polar surface area (TPSA) is 141 Å². The highest BCUT2D eigenvalue weighted by Crippen LogP contribution is 2.34. The van der Waals surface area contributed by atoms with Crippen molar-refractivity contribution in [3.05, 3.63) is 47.7 Å². The lowest BCUT2D eigenvalue weighted by atomic mass is 9.90. The highest BCUT2D eigenvalue weighted by atomic mass is 32.2. The molecular formula is C27H36F3N7O5S. The van der Waals surface area contributed by atoms with Crippen LogP contribution in [0.3, 0.4) is 0 Å². The standard InChI is InChI=1S/C27H36F3N7O5S/c1-27(2,3)43(40)35-7-5-17(6-8-35)36-12-16(31-33-36)11-21-26(41-4)24(25(39)22(14-38)42-21)37-13-20(32-34-37)15-9-18(28)23(30)19(29)10-15/h9-10,12-13,17,21-22,24-26,38-39H,5-8,11,14H2,1-4H3/t21-,22-,24+,25+,26+,43+/m1/s1. The van der Waals surface area contributed by atoms with Crippen LogP contribution in [0.25, 0.3) is 11.3 Å². The smallest absolute Gasteiger partial charge is 0.194 e. The number of aromatic nitrogens is 6. The zero-order valence-corrected chi connectivity index (χ0v) is 25.1. The van der Waals surface area contributed by atoms with Gasteiger partial charge in [-0.25, -0.2) is 31.0 Å². The molecule has 12 nitrogen and oxygen atoms in total. The number of aliphatic hydroxyl groups excluding tert-OH is 2. The Bertz CT molecular complexity index is 1420. The maximum absolute atomic E-state index is 13.8. The van der Waals surface area contributed by atoms with Crippen LogP contribution in [0.5, 0.6) is 0 Å². The van der Waals surface area contributed by atoms with Crippen LogP contribution in [0.1, 0.15) is 51.4 Å². The Hall–Kier alpha value is -2.76. The van der Waals surface area contributed by atoms with E-state index >= 15 is 0 Å². The fraction of sp³-hybridized carbons (Fsp3) is 0.630. The van der Waals surface area contributed by atoms with E-state index in [0.29, 0.717) is 18.8 Å². The average Bonchev–Trinajstić information content (AvgIpc) is 3.65. The molecule has 5 rings (SSSR count). The van der Waals surface area contributed by atoms with Crippen molar-refractivity contribution >= 4 is 11.0 Å². The monoisotopic (exact) mass is 627 g/mol. The van der Waals surface area contributed by atoms with Gasteiger partial charge in [-0.05, 0) is 45.7 Å². The van der Waals surface area contributed by atoms with E-state index in [4.69, 9.17) is 9.47 Å². The van der Waals surface area contributed by atoms with Gasteiger partial charge in [-0.2, -0.15) is 0 Å². The maximum atomic E-state index is 13.8. The fourth-order valence-corrected chi connectivity index (χ4v) is 6.96. The summed E-state index contributed by atoms with van der Waals surface area (Å²) in [6.45, 7) is 6.73. The number of rotatable bonds is 8. The van der Waals surface area contributed by atoms with Gasteiger partial charge in [0.2, 0.25) is 0 Å². The summed E-state index contributed by atoms with van der Waals surface area (Å²) in [6, 6.07) is 0.796. The van der Waals surface area contributed by atoms with Gasteiger partial charge in [0.25, 0.3) is 0 Å². The highest BCUT2D eigenvalue weighted by Gasteiger charge is 2.47. The third-order valence-corrected chi connectivity index (χ3v) is 9.74. The van der Waals surface area contributed by atoms with Crippen LogP contribution in [-0.2, 0) is 26.9 Å². The van der Waals surface area contributed by atoms with Crippen molar-refractivity contribution in [3.63, 3.8) is 0 Å². The van der Waals surface area contributed by atoms with E-state index < -0.39 is 65.5 Å². The molecule has 0 amide bonds. The molecule has 1 aromatic carbocycles. The summed E-state index contributed by atoms with van der Waals surface area (Å²) >= 11 is 0. The molecule has 0 radical (unpaired) electrons. The van der Waals surface area contributed by atoms with E-state index in [1.807, 2.05) is 31.3 Å². The number of halogens is 3. The fourth-order valence-electron chi connectivity index (χ4n) is 5.64. The van der Waals surface area contributed by atoms with Crippen LogP contribution in [0.15, 0.2) is 24.5 Å². The summed E-state index contributed by atoms with van der Waals surface area (Å²) in [6.07, 6.45) is 1.19. The molecule has 4 heterocycles. The second-order valence-electron chi connectivity index (χ2n) is 11.8. The SMILES string of the molecule is CO[C@@H]1[C@@H](n2cc(-c3cc(F)c(F)c(F)c3)nn2)[C@@H](O)[C@@H](CO)O[C@@H]1Cc1cn(C2CCN([S@@](=O)C(C)(C)C)CC2)nn1. The predicted octanol–water partition coefficient (Wildman–Crippen LogP) is 1.97. The number of nitrogens with zero attached hydrogens (tertiary/aromatic N) is 7. The minimum Gasteiger partial charge on any atom is -0.394 e. The molecule has 2 aliphatic rings. The summed E-state index contributed by atoms with van der Waals surface area (Å²) in [4.78, 5) is 0. The molecule has 6 atom stereocenters. The molecule has 2 saturated heterocycles. The van der Waals surface area contributed by atoms with E-state index in [1.165, 1.54) is 18.0 Å². The number of hydrogen-bond acceptors (Lipinski definition) is 9. The first-order valence-corrected chi connectivity index (χ1v) is 15.1. The van der Waals surface area contributed by atoms with Gasteiger partial charge in [0.05, 0.1) is 46.4 Å². The van der Waals surface area contributed by atoms with Crippen LogP contribution in [0.4, 0.5) is 13.2 Å². The van der Waals surface area contributed by atoms with Crippen LogP contribution in [0, 0.1) is 17.5 Å². The van der Waals surface area contributed by atoms with Crippen molar-refractivity contribution in [2.24, 2.45) is 0 Å². The first-order valence-electron chi connectivity index (χ1n) is 14.0. The van der Waals surface area contributed by atoms with Crippen molar-refractivity contribution < 1.29 is 37.1 Å².